The van der Waals surface area contributed by atoms with Gasteiger partial charge < -0.3 is 19.9 Å². The number of ether oxygens (including phenoxy) is 1. The van der Waals surface area contributed by atoms with E-state index in [1.54, 1.807) is 12.0 Å². The van der Waals surface area contributed by atoms with Gasteiger partial charge in [-0.15, -0.1) is 0 Å². The maximum absolute atomic E-state index is 13.2. The van der Waals surface area contributed by atoms with Gasteiger partial charge in [-0.25, -0.2) is 4.98 Å². The van der Waals surface area contributed by atoms with Crippen LogP contribution in [0, 0.1) is 10.1 Å². The number of aromatic nitrogens is 1. The van der Waals surface area contributed by atoms with E-state index in [1.807, 2.05) is 18.3 Å². The summed E-state index contributed by atoms with van der Waals surface area (Å²) < 4.78 is 44.8. The maximum Gasteiger partial charge on any atom is 0.423 e. The van der Waals surface area contributed by atoms with Crippen LogP contribution in [0.1, 0.15) is 24.8 Å². The van der Waals surface area contributed by atoms with Crippen LogP contribution >= 0.6 is 0 Å². The number of nitro groups is 1. The SMILES string of the molecule is COc1ccc(N2CCN(CCCC(=O)N3CC[C@@H](Nc4ccc([N+](=O)[O-])c(C(F)(F)F)c4)C3)CC2)cn1. The number of carbonyl (C=O) groups is 1. The molecular formula is C25H31F3N6O4. The lowest BCUT2D eigenvalue weighted by atomic mass is 10.1. The first kappa shape index (κ1) is 27.4. The van der Waals surface area contributed by atoms with Crippen LogP contribution in [0.5, 0.6) is 5.88 Å². The summed E-state index contributed by atoms with van der Waals surface area (Å²) in [7, 11) is 1.59. The zero-order valence-electron chi connectivity index (χ0n) is 21.1. The fourth-order valence-corrected chi connectivity index (χ4v) is 4.87. The van der Waals surface area contributed by atoms with Crippen LogP contribution in [-0.4, -0.2) is 84.6 Å². The highest BCUT2D eigenvalue weighted by molar-refractivity contribution is 5.76. The number of rotatable bonds is 9. The average Bonchev–Trinajstić information content (AvgIpc) is 3.37. The van der Waals surface area contributed by atoms with Crippen molar-refractivity contribution in [3.05, 3.63) is 52.2 Å². The molecule has 206 valence electrons. The van der Waals surface area contributed by atoms with Gasteiger partial charge in [-0.3, -0.25) is 19.8 Å². The highest BCUT2D eigenvalue weighted by Gasteiger charge is 2.38. The highest BCUT2D eigenvalue weighted by Crippen LogP contribution is 2.37. The Kier molecular flexibility index (Phi) is 8.55. The minimum Gasteiger partial charge on any atom is -0.481 e. The normalized spacial score (nSPS) is 18.5. The van der Waals surface area contributed by atoms with E-state index in [0.29, 0.717) is 31.8 Å². The fraction of sp³-hybridized carbons (Fsp3) is 0.520. The first-order valence-corrected chi connectivity index (χ1v) is 12.5. The zero-order valence-corrected chi connectivity index (χ0v) is 21.1. The molecule has 0 radical (unpaired) electrons. The number of nitrogens with zero attached hydrogens (tertiary/aromatic N) is 5. The molecule has 2 aliphatic rings. The van der Waals surface area contributed by atoms with Gasteiger partial charge in [0, 0.05) is 69.6 Å². The zero-order chi connectivity index (χ0) is 27.3. The van der Waals surface area contributed by atoms with E-state index in [0.717, 1.165) is 57.0 Å². The van der Waals surface area contributed by atoms with Crippen molar-refractivity contribution in [3.63, 3.8) is 0 Å². The first-order chi connectivity index (χ1) is 18.1. The topological polar surface area (TPSA) is 104 Å². The van der Waals surface area contributed by atoms with Crippen LogP contribution in [0.3, 0.4) is 0 Å². The van der Waals surface area contributed by atoms with E-state index in [9.17, 15) is 28.1 Å². The van der Waals surface area contributed by atoms with Crippen molar-refractivity contribution >= 4 is 23.0 Å². The Hall–Kier alpha value is -3.61. The summed E-state index contributed by atoms with van der Waals surface area (Å²) in [5, 5.41) is 13.9. The number of hydrogen-bond acceptors (Lipinski definition) is 8. The summed E-state index contributed by atoms with van der Waals surface area (Å²) in [6.07, 6.45) is -1.30. The molecule has 1 aromatic carbocycles. The van der Waals surface area contributed by atoms with E-state index in [2.05, 4.69) is 20.1 Å². The molecule has 2 aromatic rings. The summed E-state index contributed by atoms with van der Waals surface area (Å²) in [6, 6.07) is 6.50. The third-order valence-corrected chi connectivity index (χ3v) is 6.94. The minimum atomic E-state index is -4.84. The molecule has 13 heteroatoms. The van der Waals surface area contributed by atoms with Crippen molar-refractivity contribution in [2.75, 3.05) is 63.1 Å². The number of methoxy groups -OCH3 is 1. The standard InChI is InChI=1S/C25H31F3N6O4/c1-38-23-7-5-20(16-29-23)32-13-11-31(12-14-32)9-2-3-24(35)33-10-8-19(17-33)30-18-4-6-22(34(36)37)21(15-18)25(26,27)28/h4-7,15-16,19,30H,2-3,8-14,17H2,1H3/t19-/m1/s1. The summed E-state index contributed by atoms with van der Waals surface area (Å²) in [5.41, 5.74) is -1.07. The molecule has 0 unspecified atom stereocenters. The Morgan fingerprint density at radius 2 is 1.95 bits per heavy atom. The van der Waals surface area contributed by atoms with E-state index in [4.69, 9.17) is 4.74 Å². The number of piperazine rings is 1. The van der Waals surface area contributed by atoms with Gasteiger partial charge in [0.25, 0.3) is 5.69 Å². The number of pyridine rings is 1. The van der Waals surface area contributed by atoms with Crippen LogP contribution < -0.4 is 15.0 Å². The molecule has 4 rings (SSSR count). The van der Waals surface area contributed by atoms with Crippen molar-refractivity contribution in [2.24, 2.45) is 0 Å². The molecule has 0 aliphatic carbocycles. The molecule has 10 nitrogen and oxygen atoms in total. The third kappa shape index (κ3) is 6.82. The fourth-order valence-electron chi connectivity index (χ4n) is 4.87. The Morgan fingerprint density at radius 1 is 1.18 bits per heavy atom. The lowest BCUT2D eigenvalue weighted by Crippen LogP contribution is -2.46. The number of nitro benzene ring substituents is 1. The second-order valence-electron chi connectivity index (χ2n) is 9.45. The van der Waals surface area contributed by atoms with Crippen molar-refractivity contribution in [1.29, 1.82) is 0 Å². The van der Waals surface area contributed by atoms with Gasteiger partial charge in [0.05, 0.1) is 23.9 Å². The van der Waals surface area contributed by atoms with Crippen LogP contribution in [-0.2, 0) is 11.0 Å². The molecule has 1 N–H and O–H groups in total. The minimum absolute atomic E-state index is 0.0249. The quantitative estimate of drug-likeness (QED) is 0.383. The number of amides is 1. The lowest BCUT2D eigenvalue weighted by molar-refractivity contribution is -0.388. The molecule has 1 atom stereocenters. The summed E-state index contributed by atoms with van der Waals surface area (Å²) >= 11 is 0. The third-order valence-electron chi connectivity index (χ3n) is 6.94. The van der Waals surface area contributed by atoms with Gasteiger partial charge in [0.1, 0.15) is 5.56 Å². The molecule has 2 aliphatic heterocycles. The number of anilines is 2. The molecule has 1 amide bonds. The largest absolute Gasteiger partial charge is 0.481 e. The van der Waals surface area contributed by atoms with Crippen LogP contribution in [0.4, 0.5) is 30.2 Å². The number of nitrogens with one attached hydrogen (secondary N) is 1. The molecule has 38 heavy (non-hydrogen) atoms. The average molecular weight is 537 g/mol. The number of hydrogen-bond donors (Lipinski definition) is 1. The molecule has 2 saturated heterocycles. The summed E-state index contributed by atoms with van der Waals surface area (Å²) in [6.45, 7) is 5.26. The van der Waals surface area contributed by atoms with Gasteiger partial charge in [-0.1, -0.05) is 0 Å². The maximum atomic E-state index is 13.2. The van der Waals surface area contributed by atoms with Gasteiger partial charge in [-0.2, -0.15) is 13.2 Å². The van der Waals surface area contributed by atoms with E-state index in [1.165, 1.54) is 6.07 Å². The predicted molar refractivity (Wildman–Crippen MR) is 135 cm³/mol. The summed E-state index contributed by atoms with van der Waals surface area (Å²) in [5.74, 6) is 0.607. The first-order valence-electron chi connectivity index (χ1n) is 12.5. The molecule has 2 fully saturated rings. The van der Waals surface area contributed by atoms with E-state index in [-0.39, 0.29) is 17.6 Å². The molecule has 0 spiro atoms. The number of carbonyl (C=O) groups excluding carboxylic acids is 1. The second-order valence-corrected chi connectivity index (χ2v) is 9.45. The molecule has 3 heterocycles. The van der Waals surface area contributed by atoms with E-state index < -0.39 is 22.4 Å². The predicted octanol–water partition coefficient (Wildman–Crippen LogP) is 3.63. The number of halogens is 3. The monoisotopic (exact) mass is 536 g/mol. The number of likely N-dealkylation sites (tertiary alicyclic amines) is 1. The Labute approximate surface area is 218 Å². The van der Waals surface area contributed by atoms with E-state index >= 15 is 0 Å². The number of benzene rings is 1. The Bertz CT molecular complexity index is 1120. The van der Waals surface area contributed by atoms with Crippen LogP contribution in [0.2, 0.25) is 0 Å². The lowest BCUT2D eigenvalue weighted by Gasteiger charge is -2.36. The molecule has 1 aromatic heterocycles. The van der Waals surface area contributed by atoms with Gasteiger partial charge in [0.2, 0.25) is 11.8 Å². The van der Waals surface area contributed by atoms with Crippen molar-refractivity contribution in [1.82, 2.24) is 14.8 Å². The smallest absolute Gasteiger partial charge is 0.423 e. The Morgan fingerprint density at radius 3 is 2.58 bits per heavy atom. The van der Waals surface area contributed by atoms with Gasteiger partial charge >= 0.3 is 6.18 Å². The van der Waals surface area contributed by atoms with Crippen molar-refractivity contribution < 1.29 is 27.6 Å². The van der Waals surface area contributed by atoms with Crippen LogP contribution in [0.15, 0.2) is 36.5 Å². The second kappa shape index (κ2) is 11.8. The highest BCUT2D eigenvalue weighted by atomic mass is 19.4. The van der Waals surface area contributed by atoms with Crippen molar-refractivity contribution in [3.8, 4) is 5.88 Å². The number of alkyl halides is 3. The molecule has 0 saturated carbocycles. The summed E-state index contributed by atoms with van der Waals surface area (Å²) in [4.78, 5) is 33.2. The van der Waals surface area contributed by atoms with Crippen molar-refractivity contribution in [2.45, 2.75) is 31.5 Å². The Balaban J connectivity index is 1.19. The van der Waals surface area contributed by atoms with Gasteiger partial charge in [-0.05, 0) is 37.6 Å². The van der Waals surface area contributed by atoms with Gasteiger partial charge in [0.15, 0.2) is 0 Å². The molecule has 0 bridgehead atoms. The van der Waals surface area contributed by atoms with Crippen LogP contribution in [0.25, 0.3) is 0 Å². The molecular weight excluding hydrogens is 505 g/mol.